The van der Waals surface area contributed by atoms with Gasteiger partial charge < -0.3 is 33.8 Å². The van der Waals surface area contributed by atoms with Crippen LogP contribution in [-0.4, -0.2) is 96.7 Å². The van der Waals surface area contributed by atoms with Gasteiger partial charge in [-0.2, -0.15) is 0 Å². The van der Waals surface area contributed by atoms with Gasteiger partial charge in [-0.1, -0.05) is 287 Å². The lowest BCUT2D eigenvalue weighted by molar-refractivity contribution is -0.161. The van der Waals surface area contributed by atoms with E-state index in [1.807, 2.05) is 0 Å². The number of hydrogen-bond donors (Lipinski definition) is 3. The van der Waals surface area contributed by atoms with Crippen molar-refractivity contribution in [3.63, 3.8) is 0 Å². The van der Waals surface area contributed by atoms with E-state index in [2.05, 4.69) is 55.4 Å². The first-order valence-electron chi connectivity index (χ1n) is 35.8. The molecule has 0 aromatic carbocycles. The van der Waals surface area contributed by atoms with E-state index < -0.39 is 97.5 Å². The van der Waals surface area contributed by atoms with E-state index in [1.54, 1.807) is 0 Å². The molecule has 0 spiro atoms. The highest BCUT2D eigenvalue weighted by atomic mass is 31.2. The van der Waals surface area contributed by atoms with E-state index in [4.69, 9.17) is 37.0 Å². The van der Waals surface area contributed by atoms with Gasteiger partial charge in [-0.05, 0) is 49.4 Å². The summed E-state index contributed by atoms with van der Waals surface area (Å²) in [5, 5.41) is 10.6. The molecule has 522 valence electrons. The number of hydrogen-bond acceptors (Lipinski definition) is 15. The van der Waals surface area contributed by atoms with Crippen LogP contribution in [0.2, 0.25) is 0 Å². The van der Waals surface area contributed by atoms with Crippen LogP contribution >= 0.6 is 15.6 Å². The molecule has 0 fully saturated rings. The first-order valence-corrected chi connectivity index (χ1v) is 38.8. The lowest BCUT2D eigenvalue weighted by Gasteiger charge is -2.21. The molecular weight excluding hydrogens is 1160 g/mol. The number of aliphatic hydroxyl groups is 1. The average Bonchev–Trinajstić information content (AvgIpc) is 3.58. The molecule has 19 heteroatoms. The summed E-state index contributed by atoms with van der Waals surface area (Å²) in [5.74, 6) is 0.865. The van der Waals surface area contributed by atoms with Gasteiger partial charge in [0, 0.05) is 25.7 Å². The van der Waals surface area contributed by atoms with E-state index >= 15 is 0 Å². The minimum absolute atomic E-state index is 0.102. The molecule has 0 amide bonds. The molecule has 0 aromatic rings. The van der Waals surface area contributed by atoms with Crippen LogP contribution in [0.25, 0.3) is 0 Å². The lowest BCUT2D eigenvalue weighted by Crippen LogP contribution is -2.30. The van der Waals surface area contributed by atoms with Crippen molar-refractivity contribution in [3.8, 4) is 0 Å². The molecule has 0 bridgehead atoms. The fourth-order valence-corrected chi connectivity index (χ4v) is 11.8. The number of ether oxygens (including phenoxy) is 4. The third-order valence-corrected chi connectivity index (χ3v) is 18.4. The van der Waals surface area contributed by atoms with Crippen LogP contribution in [0.4, 0.5) is 0 Å². The largest absolute Gasteiger partial charge is 0.472 e. The van der Waals surface area contributed by atoms with Gasteiger partial charge in [-0.3, -0.25) is 37.3 Å². The van der Waals surface area contributed by atoms with Crippen molar-refractivity contribution >= 4 is 39.5 Å². The normalized spacial score (nSPS) is 14.9. The average molecular weight is 1300 g/mol. The summed E-state index contributed by atoms with van der Waals surface area (Å²) in [6.07, 6.45) is 40.3. The van der Waals surface area contributed by atoms with Crippen LogP contribution in [0, 0.1) is 23.7 Å². The lowest BCUT2D eigenvalue weighted by atomic mass is 9.99. The van der Waals surface area contributed by atoms with Gasteiger partial charge in [0.1, 0.15) is 19.3 Å². The molecule has 7 atom stereocenters. The number of unbranched alkanes of at least 4 members (excludes halogenated alkanes) is 30. The maximum absolute atomic E-state index is 13.0. The highest BCUT2D eigenvalue weighted by Crippen LogP contribution is 2.45. The van der Waals surface area contributed by atoms with Crippen molar-refractivity contribution in [1.82, 2.24) is 0 Å². The molecule has 0 heterocycles. The fourth-order valence-electron chi connectivity index (χ4n) is 10.2. The van der Waals surface area contributed by atoms with Crippen molar-refractivity contribution in [2.24, 2.45) is 23.7 Å². The molecule has 0 aliphatic heterocycles. The number of aliphatic hydroxyl groups excluding tert-OH is 1. The Hall–Kier alpha value is -1.94. The summed E-state index contributed by atoms with van der Waals surface area (Å²) in [6.45, 7) is 14.1. The number of esters is 4. The van der Waals surface area contributed by atoms with E-state index in [-0.39, 0.29) is 25.7 Å². The van der Waals surface area contributed by atoms with Crippen LogP contribution < -0.4 is 0 Å². The maximum atomic E-state index is 13.0. The number of phosphoric acid groups is 2. The topological polar surface area (TPSA) is 237 Å². The van der Waals surface area contributed by atoms with Gasteiger partial charge in [0.05, 0.1) is 26.4 Å². The molecule has 0 aromatic heterocycles. The molecule has 0 aliphatic carbocycles. The van der Waals surface area contributed by atoms with E-state index in [0.29, 0.717) is 31.6 Å². The highest BCUT2D eigenvalue weighted by Gasteiger charge is 2.30. The van der Waals surface area contributed by atoms with Crippen LogP contribution in [0.15, 0.2) is 0 Å². The van der Waals surface area contributed by atoms with Crippen molar-refractivity contribution in [2.45, 2.75) is 356 Å². The molecule has 0 saturated carbocycles. The van der Waals surface area contributed by atoms with E-state index in [0.717, 1.165) is 114 Å². The number of carbonyl (C=O) groups is 4. The predicted octanol–water partition coefficient (Wildman–Crippen LogP) is 19.3. The van der Waals surface area contributed by atoms with Crippen molar-refractivity contribution in [2.75, 3.05) is 39.6 Å². The van der Waals surface area contributed by atoms with Crippen LogP contribution in [0.3, 0.4) is 0 Å². The molecule has 0 aliphatic rings. The zero-order valence-electron chi connectivity index (χ0n) is 57.3. The van der Waals surface area contributed by atoms with Crippen LogP contribution in [0.5, 0.6) is 0 Å². The Morgan fingerprint density at radius 2 is 0.545 bits per heavy atom. The third-order valence-electron chi connectivity index (χ3n) is 16.5. The predicted molar refractivity (Wildman–Crippen MR) is 354 cm³/mol. The Morgan fingerprint density at radius 1 is 0.318 bits per heavy atom. The van der Waals surface area contributed by atoms with Crippen LogP contribution in [-0.2, 0) is 65.4 Å². The quantitative estimate of drug-likeness (QED) is 0.0222. The molecular formula is C69H134O17P2. The smallest absolute Gasteiger partial charge is 0.462 e. The molecule has 0 radical (unpaired) electrons. The fraction of sp³-hybridized carbons (Fsp3) is 0.942. The van der Waals surface area contributed by atoms with Gasteiger partial charge in [-0.15, -0.1) is 0 Å². The van der Waals surface area contributed by atoms with Crippen LogP contribution in [0.1, 0.15) is 338 Å². The van der Waals surface area contributed by atoms with Crippen molar-refractivity contribution < 1.29 is 80.2 Å². The first-order chi connectivity index (χ1) is 42.2. The zero-order chi connectivity index (χ0) is 65.4. The molecule has 17 nitrogen and oxygen atoms in total. The number of phosphoric ester groups is 2. The van der Waals surface area contributed by atoms with Gasteiger partial charge in [0.25, 0.3) is 0 Å². The molecule has 88 heavy (non-hydrogen) atoms. The van der Waals surface area contributed by atoms with Gasteiger partial charge in [0.2, 0.25) is 0 Å². The summed E-state index contributed by atoms with van der Waals surface area (Å²) in [4.78, 5) is 72.5. The Morgan fingerprint density at radius 3 is 0.807 bits per heavy atom. The first kappa shape index (κ1) is 86.1. The van der Waals surface area contributed by atoms with E-state index in [1.165, 1.54) is 135 Å². The molecule has 3 N–H and O–H groups in total. The van der Waals surface area contributed by atoms with E-state index in [9.17, 15) is 43.2 Å². The summed E-state index contributed by atoms with van der Waals surface area (Å²) >= 11 is 0. The monoisotopic (exact) mass is 1300 g/mol. The van der Waals surface area contributed by atoms with Gasteiger partial charge >= 0.3 is 39.5 Å². The standard InChI is InChI=1S/C69H134O17P2/c1-9-61(7)47-39-31-23-17-14-15-19-25-35-43-51-68(73)85-64(55-80-67(72)50-42-34-26-20-22-30-38-46-60(5)6)57-83-87(75,76)81-53-63(70)54-82-88(77,78)84-58-65(86-69(74)52-44-36-28-27-32-40-48-62(8)10-2)56-79-66(71)49-41-33-24-18-13-11-12-16-21-29-37-45-59(3)4/h59-65,70H,9-58H2,1-8H3,(H,75,76)(H,77,78)/t61?,62?,63?,64-,65-/m1/s1. The van der Waals surface area contributed by atoms with Gasteiger partial charge in [-0.25, -0.2) is 9.13 Å². The zero-order valence-corrected chi connectivity index (χ0v) is 59.1. The Kier molecular flexibility index (Phi) is 57.6. The maximum Gasteiger partial charge on any atom is 0.472 e. The molecule has 0 saturated heterocycles. The van der Waals surface area contributed by atoms with Crippen molar-refractivity contribution in [3.05, 3.63) is 0 Å². The summed E-state index contributed by atoms with van der Waals surface area (Å²) in [6, 6.07) is 0. The Labute approximate surface area is 537 Å². The molecule has 0 rings (SSSR count). The third kappa shape index (κ3) is 60.3. The van der Waals surface area contributed by atoms with Crippen molar-refractivity contribution in [1.29, 1.82) is 0 Å². The summed E-state index contributed by atoms with van der Waals surface area (Å²) < 4.78 is 68.2. The number of rotatable bonds is 66. The van der Waals surface area contributed by atoms with Gasteiger partial charge in [0.15, 0.2) is 12.2 Å². The molecule has 5 unspecified atom stereocenters. The minimum Gasteiger partial charge on any atom is -0.462 e. The SMILES string of the molecule is CCC(C)CCCCCCCCCCCCC(=O)O[C@H](COC(=O)CCCCCCCCCC(C)C)COP(=O)(O)OCC(O)COP(=O)(O)OC[C@@H](COC(=O)CCCCCCCCCCCCCC(C)C)OC(=O)CCCCCCCCC(C)CC. The second kappa shape index (κ2) is 58.8. The second-order valence-electron chi connectivity index (χ2n) is 26.4. The minimum atomic E-state index is -4.95. The summed E-state index contributed by atoms with van der Waals surface area (Å²) in [7, 11) is -9.90. The highest BCUT2D eigenvalue weighted by molar-refractivity contribution is 7.47. The summed E-state index contributed by atoms with van der Waals surface area (Å²) in [5.41, 5.74) is 0. The Balaban J connectivity index is 5.25. The second-order valence-corrected chi connectivity index (χ2v) is 29.3. The number of carbonyl (C=O) groups excluding carboxylic acids is 4. The Bertz CT molecular complexity index is 1750.